The lowest BCUT2D eigenvalue weighted by Crippen LogP contribution is -2.47. The van der Waals surface area contributed by atoms with Crippen molar-refractivity contribution in [2.75, 3.05) is 0 Å². The molecule has 0 spiro atoms. The molecular formula is C6H10O6S. The first kappa shape index (κ1) is 12.5. The summed E-state index contributed by atoms with van der Waals surface area (Å²) in [5.41, 5.74) is 0. The van der Waals surface area contributed by atoms with Gasteiger partial charge in [-0.3, -0.25) is 4.79 Å². The molecule has 0 saturated carbocycles. The Balaban J connectivity index is 4.32. The zero-order valence-electron chi connectivity index (χ0n) is 6.44. The van der Waals surface area contributed by atoms with Crippen molar-refractivity contribution < 1.29 is 30.0 Å². The van der Waals surface area contributed by atoms with Gasteiger partial charge in [0.25, 0.3) is 0 Å². The van der Waals surface area contributed by atoms with Gasteiger partial charge in [-0.15, -0.1) is 12.6 Å². The number of hydrogen-bond acceptors (Lipinski definition) is 6. The van der Waals surface area contributed by atoms with Crippen LogP contribution in [0.3, 0.4) is 0 Å². The van der Waals surface area contributed by atoms with Crippen LogP contribution in [0.2, 0.25) is 0 Å². The molecule has 0 fully saturated rings. The Morgan fingerprint density at radius 2 is 1.62 bits per heavy atom. The SMILES string of the molecule is O=C[C@@H](O)[C@@H](O)[C@H](O)[C@H](O)C(=O)S. The number of hydrogen-bond donors (Lipinski definition) is 5. The second-order valence-electron chi connectivity index (χ2n) is 2.39. The van der Waals surface area contributed by atoms with Gasteiger partial charge in [0.1, 0.15) is 18.3 Å². The minimum Gasteiger partial charge on any atom is -0.387 e. The molecule has 76 valence electrons. The molecule has 0 amide bonds. The highest BCUT2D eigenvalue weighted by Gasteiger charge is 2.32. The predicted octanol–water partition coefficient (Wildman–Crippen LogP) is -2.91. The Kier molecular flexibility index (Phi) is 5.11. The number of aliphatic hydroxyl groups is 4. The Hall–Kier alpha value is -0.470. The van der Waals surface area contributed by atoms with Crippen molar-refractivity contribution in [3.8, 4) is 0 Å². The van der Waals surface area contributed by atoms with Crippen molar-refractivity contribution in [3.05, 3.63) is 0 Å². The van der Waals surface area contributed by atoms with Gasteiger partial charge in [-0.2, -0.15) is 0 Å². The van der Waals surface area contributed by atoms with Gasteiger partial charge in [0.15, 0.2) is 12.4 Å². The first-order chi connectivity index (χ1) is 5.91. The van der Waals surface area contributed by atoms with Crippen LogP contribution in [0.15, 0.2) is 0 Å². The van der Waals surface area contributed by atoms with Gasteiger partial charge >= 0.3 is 0 Å². The number of thiol groups is 1. The molecule has 6 nitrogen and oxygen atoms in total. The van der Waals surface area contributed by atoms with E-state index in [0.717, 1.165) is 0 Å². The van der Waals surface area contributed by atoms with E-state index in [9.17, 15) is 9.59 Å². The van der Waals surface area contributed by atoms with Crippen LogP contribution < -0.4 is 0 Å². The van der Waals surface area contributed by atoms with Crippen LogP contribution >= 0.6 is 12.6 Å². The first-order valence-corrected chi connectivity index (χ1v) is 3.77. The fourth-order valence-electron chi connectivity index (χ4n) is 0.615. The molecule has 0 rings (SSSR count). The third-order valence-electron chi connectivity index (χ3n) is 1.42. The standard InChI is InChI=1S/C6H10O6S/c7-1-2(8)3(9)4(10)5(11)6(12)13/h1-5,8-11H,(H,12,13)/t2-,3-,4+,5+/m1/s1. The molecule has 0 aliphatic carbocycles. The van der Waals surface area contributed by atoms with Gasteiger partial charge in [-0.25, -0.2) is 0 Å². The molecule has 0 heterocycles. The first-order valence-electron chi connectivity index (χ1n) is 3.32. The van der Waals surface area contributed by atoms with E-state index in [2.05, 4.69) is 12.6 Å². The molecule has 0 aliphatic rings. The maximum atomic E-state index is 10.4. The lowest BCUT2D eigenvalue weighted by molar-refractivity contribution is -0.142. The van der Waals surface area contributed by atoms with Crippen LogP contribution in [-0.4, -0.2) is 56.2 Å². The van der Waals surface area contributed by atoms with Gasteiger partial charge in [0, 0.05) is 0 Å². The van der Waals surface area contributed by atoms with Crippen LogP contribution in [0.4, 0.5) is 0 Å². The number of aldehydes is 1. The monoisotopic (exact) mass is 210 g/mol. The highest BCUT2D eigenvalue weighted by atomic mass is 32.1. The molecule has 0 aromatic heterocycles. The average Bonchev–Trinajstić information content (AvgIpc) is 2.12. The second kappa shape index (κ2) is 5.30. The summed E-state index contributed by atoms with van der Waals surface area (Å²) in [6.07, 6.45) is -7.66. The molecule has 0 aromatic carbocycles. The van der Waals surface area contributed by atoms with Crippen LogP contribution in [0.1, 0.15) is 0 Å². The van der Waals surface area contributed by atoms with Gasteiger partial charge in [-0.1, -0.05) is 0 Å². The zero-order chi connectivity index (χ0) is 10.6. The van der Waals surface area contributed by atoms with Crippen LogP contribution in [0, 0.1) is 0 Å². The van der Waals surface area contributed by atoms with Crippen LogP contribution in [0.25, 0.3) is 0 Å². The molecule has 4 atom stereocenters. The van der Waals surface area contributed by atoms with Crippen molar-refractivity contribution in [1.82, 2.24) is 0 Å². The van der Waals surface area contributed by atoms with Gasteiger partial charge < -0.3 is 25.2 Å². The summed E-state index contributed by atoms with van der Waals surface area (Å²) in [7, 11) is 0. The van der Waals surface area contributed by atoms with E-state index in [1.54, 1.807) is 0 Å². The maximum absolute atomic E-state index is 10.4. The van der Waals surface area contributed by atoms with Gasteiger partial charge in [-0.05, 0) is 0 Å². The van der Waals surface area contributed by atoms with Crippen molar-refractivity contribution in [1.29, 1.82) is 0 Å². The van der Waals surface area contributed by atoms with E-state index in [-0.39, 0.29) is 6.29 Å². The number of carbonyl (C=O) groups is 2. The minimum absolute atomic E-state index is 0.0242. The molecule has 0 aliphatic heterocycles. The normalized spacial score (nSPS) is 20.1. The zero-order valence-corrected chi connectivity index (χ0v) is 7.33. The fourth-order valence-corrected chi connectivity index (χ4v) is 0.768. The predicted molar refractivity (Wildman–Crippen MR) is 44.1 cm³/mol. The molecule has 4 N–H and O–H groups in total. The smallest absolute Gasteiger partial charge is 0.217 e. The van der Waals surface area contributed by atoms with Crippen molar-refractivity contribution in [3.63, 3.8) is 0 Å². The lowest BCUT2D eigenvalue weighted by atomic mass is 10.0. The summed E-state index contributed by atoms with van der Waals surface area (Å²) in [6.45, 7) is 0. The summed E-state index contributed by atoms with van der Waals surface area (Å²) in [6, 6.07) is 0. The van der Waals surface area contributed by atoms with Crippen LogP contribution in [0.5, 0.6) is 0 Å². The van der Waals surface area contributed by atoms with Crippen molar-refractivity contribution in [2.45, 2.75) is 24.4 Å². The summed E-state index contributed by atoms with van der Waals surface area (Å²) in [4.78, 5) is 20.3. The third kappa shape index (κ3) is 3.41. The molecule has 7 heteroatoms. The third-order valence-corrected chi connectivity index (χ3v) is 1.68. The summed E-state index contributed by atoms with van der Waals surface area (Å²) >= 11 is 3.19. The summed E-state index contributed by atoms with van der Waals surface area (Å²) in [5.74, 6) is 0. The number of rotatable bonds is 5. The van der Waals surface area contributed by atoms with Gasteiger partial charge in [0.2, 0.25) is 5.12 Å². The summed E-state index contributed by atoms with van der Waals surface area (Å²) < 4.78 is 0. The lowest BCUT2D eigenvalue weighted by Gasteiger charge is -2.21. The van der Waals surface area contributed by atoms with Crippen LogP contribution in [-0.2, 0) is 9.59 Å². The molecular weight excluding hydrogens is 200 g/mol. The largest absolute Gasteiger partial charge is 0.387 e. The van der Waals surface area contributed by atoms with Crippen molar-refractivity contribution in [2.24, 2.45) is 0 Å². The topological polar surface area (TPSA) is 115 Å². The Labute approximate surface area is 79.2 Å². The number of carbonyl (C=O) groups excluding carboxylic acids is 2. The Morgan fingerprint density at radius 3 is 1.92 bits per heavy atom. The van der Waals surface area contributed by atoms with E-state index >= 15 is 0 Å². The van der Waals surface area contributed by atoms with E-state index in [1.807, 2.05) is 0 Å². The minimum atomic E-state index is -1.94. The van der Waals surface area contributed by atoms with Crippen molar-refractivity contribution >= 4 is 24.0 Å². The Morgan fingerprint density at radius 1 is 1.15 bits per heavy atom. The quantitative estimate of drug-likeness (QED) is 0.245. The van der Waals surface area contributed by atoms with E-state index in [4.69, 9.17) is 20.4 Å². The van der Waals surface area contributed by atoms with E-state index in [0.29, 0.717) is 0 Å². The Bertz CT molecular complexity index is 196. The highest BCUT2D eigenvalue weighted by molar-refractivity contribution is 7.96. The maximum Gasteiger partial charge on any atom is 0.217 e. The molecule has 13 heavy (non-hydrogen) atoms. The molecule has 0 unspecified atom stereocenters. The molecule has 0 aromatic rings. The van der Waals surface area contributed by atoms with E-state index < -0.39 is 29.5 Å². The van der Waals surface area contributed by atoms with E-state index in [1.165, 1.54) is 0 Å². The molecule has 0 radical (unpaired) electrons. The fraction of sp³-hybridized carbons (Fsp3) is 0.667. The second-order valence-corrected chi connectivity index (χ2v) is 2.83. The van der Waals surface area contributed by atoms with Gasteiger partial charge in [0.05, 0.1) is 0 Å². The molecule has 0 saturated heterocycles. The average molecular weight is 210 g/mol. The molecule has 0 bridgehead atoms. The highest BCUT2D eigenvalue weighted by Crippen LogP contribution is 2.06. The number of aliphatic hydroxyl groups excluding tert-OH is 4. The summed E-state index contributed by atoms with van der Waals surface area (Å²) in [5, 5.41) is 34.4.